The second-order valence-electron chi connectivity index (χ2n) is 5.55. The minimum absolute atomic E-state index is 0.0699. The molecule has 1 amide bonds. The van der Waals surface area contributed by atoms with E-state index in [2.05, 4.69) is 36.4 Å². The Morgan fingerprint density at radius 3 is 2.50 bits per heavy atom. The highest BCUT2D eigenvalue weighted by Crippen LogP contribution is 2.31. The van der Waals surface area contributed by atoms with Gasteiger partial charge in [0, 0.05) is 16.7 Å². The smallest absolute Gasteiger partial charge is 0.256 e. The SMILES string of the molecule is CC1(C)CCN(C(=O)c2c(Cl)cccc2I)CC1. The van der Waals surface area contributed by atoms with Crippen LogP contribution in [-0.2, 0) is 0 Å². The summed E-state index contributed by atoms with van der Waals surface area (Å²) in [6.45, 7) is 6.17. The predicted molar refractivity (Wildman–Crippen MR) is 83.1 cm³/mol. The summed E-state index contributed by atoms with van der Waals surface area (Å²) in [5, 5.41) is 0.553. The molecule has 18 heavy (non-hydrogen) atoms. The summed E-state index contributed by atoms with van der Waals surface area (Å²) in [5.74, 6) is 0.0699. The van der Waals surface area contributed by atoms with Gasteiger partial charge in [0.1, 0.15) is 0 Å². The molecule has 1 saturated heterocycles. The molecule has 1 aliphatic rings. The van der Waals surface area contributed by atoms with Crippen molar-refractivity contribution in [1.82, 2.24) is 4.90 Å². The first-order valence-corrected chi connectivity index (χ1v) is 7.60. The third-order valence-electron chi connectivity index (χ3n) is 3.58. The van der Waals surface area contributed by atoms with Crippen LogP contribution in [0.25, 0.3) is 0 Å². The summed E-state index contributed by atoms with van der Waals surface area (Å²) in [7, 11) is 0. The van der Waals surface area contributed by atoms with Crippen LogP contribution in [0.1, 0.15) is 37.0 Å². The Labute approximate surface area is 127 Å². The van der Waals surface area contributed by atoms with Gasteiger partial charge in [-0.1, -0.05) is 31.5 Å². The molecule has 0 saturated carbocycles. The standard InChI is InChI=1S/C14H17ClINO/c1-14(2)6-8-17(9-7-14)13(18)12-10(15)4-3-5-11(12)16/h3-5H,6-9H2,1-2H3. The van der Waals surface area contributed by atoms with Crippen molar-refractivity contribution in [2.45, 2.75) is 26.7 Å². The van der Waals surface area contributed by atoms with Gasteiger partial charge in [0.25, 0.3) is 5.91 Å². The van der Waals surface area contributed by atoms with Crippen LogP contribution in [0.3, 0.4) is 0 Å². The van der Waals surface area contributed by atoms with Gasteiger partial charge < -0.3 is 4.90 Å². The van der Waals surface area contributed by atoms with Crippen LogP contribution in [0, 0.1) is 8.99 Å². The van der Waals surface area contributed by atoms with E-state index in [1.165, 1.54) is 0 Å². The minimum atomic E-state index is 0.0699. The average molecular weight is 378 g/mol. The Balaban J connectivity index is 2.18. The molecule has 0 bridgehead atoms. The van der Waals surface area contributed by atoms with Crippen molar-refractivity contribution in [2.75, 3.05) is 13.1 Å². The van der Waals surface area contributed by atoms with Gasteiger partial charge in [-0.05, 0) is 53.0 Å². The highest BCUT2D eigenvalue weighted by atomic mass is 127. The van der Waals surface area contributed by atoms with Crippen molar-refractivity contribution in [3.63, 3.8) is 0 Å². The van der Waals surface area contributed by atoms with Crippen molar-refractivity contribution >= 4 is 40.1 Å². The number of carbonyl (C=O) groups excluding carboxylic acids is 1. The topological polar surface area (TPSA) is 20.3 Å². The first-order chi connectivity index (χ1) is 8.41. The Bertz CT molecular complexity index is 443. The zero-order chi connectivity index (χ0) is 13.3. The van der Waals surface area contributed by atoms with E-state index in [4.69, 9.17) is 11.6 Å². The van der Waals surface area contributed by atoms with Crippen LogP contribution in [-0.4, -0.2) is 23.9 Å². The van der Waals surface area contributed by atoms with Gasteiger partial charge in [0.15, 0.2) is 0 Å². The summed E-state index contributed by atoms with van der Waals surface area (Å²) >= 11 is 8.32. The molecule has 2 rings (SSSR count). The number of carbonyl (C=O) groups is 1. The average Bonchev–Trinajstić information content (AvgIpc) is 2.28. The highest BCUT2D eigenvalue weighted by Gasteiger charge is 2.29. The van der Waals surface area contributed by atoms with Crippen LogP contribution < -0.4 is 0 Å². The number of likely N-dealkylation sites (tertiary alicyclic amines) is 1. The summed E-state index contributed by atoms with van der Waals surface area (Å²) in [6, 6.07) is 5.58. The largest absolute Gasteiger partial charge is 0.339 e. The summed E-state index contributed by atoms with van der Waals surface area (Å²) in [4.78, 5) is 14.4. The fourth-order valence-electron chi connectivity index (χ4n) is 2.18. The number of rotatable bonds is 1. The highest BCUT2D eigenvalue weighted by molar-refractivity contribution is 14.1. The molecule has 0 atom stereocenters. The van der Waals surface area contributed by atoms with Gasteiger partial charge in [-0.3, -0.25) is 4.79 Å². The quantitative estimate of drug-likeness (QED) is 0.672. The molecule has 1 aliphatic heterocycles. The number of nitrogens with zero attached hydrogens (tertiary/aromatic N) is 1. The second-order valence-corrected chi connectivity index (χ2v) is 7.12. The lowest BCUT2D eigenvalue weighted by molar-refractivity contribution is 0.0629. The molecule has 4 heteroatoms. The van der Waals surface area contributed by atoms with E-state index in [-0.39, 0.29) is 5.91 Å². The van der Waals surface area contributed by atoms with Gasteiger partial charge >= 0.3 is 0 Å². The molecule has 0 radical (unpaired) electrons. The lowest BCUT2D eigenvalue weighted by Gasteiger charge is -2.37. The van der Waals surface area contributed by atoms with Crippen LogP contribution in [0.5, 0.6) is 0 Å². The second kappa shape index (κ2) is 5.37. The maximum atomic E-state index is 12.5. The molecule has 98 valence electrons. The molecule has 0 aromatic heterocycles. The third-order valence-corrected chi connectivity index (χ3v) is 4.79. The van der Waals surface area contributed by atoms with Gasteiger partial charge in [-0.2, -0.15) is 0 Å². The van der Waals surface area contributed by atoms with Crippen LogP contribution >= 0.6 is 34.2 Å². The predicted octanol–water partition coefficient (Wildman–Crippen LogP) is 4.21. The number of halogens is 2. The van der Waals surface area contributed by atoms with Crippen molar-refractivity contribution in [3.8, 4) is 0 Å². The van der Waals surface area contributed by atoms with E-state index in [1.54, 1.807) is 6.07 Å². The van der Waals surface area contributed by atoms with Crippen LogP contribution in [0.4, 0.5) is 0 Å². The lowest BCUT2D eigenvalue weighted by Crippen LogP contribution is -2.41. The van der Waals surface area contributed by atoms with Crippen molar-refractivity contribution in [2.24, 2.45) is 5.41 Å². The molecule has 0 N–H and O–H groups in total. The molecule has 1 heterocycles. The molecule has 1 aromatic carbocycles. The molecule has 1 fully saturated rings. The first kappa shape index (κ1) is 14.1. The molecule has 0 aliphatic carbocycles. The van der Waals surface area contributed by atoms with E-state index in [0.29, 0.717) is 16.0 Å². The maximum Gasteiger partial charge on any atom is 0.256 e. The molecule has 2 nitrogen and oxygen atoms in total. The van der Waals surface area contributed by atoms with Crippen molar-refractivity contribution in [1.29, 1.82) is 0 Å². The molecule has 0 unspecified atom stereocenters. The zero-order valence-corrected chi connectivity index (χ0v) is 13.6. The molecular formula is C14H17ClINO. The maximum absolute atomic E-state index is 12.5. The van der Waals surface area contributed by atoms with E-state index >= 15 is 0 Å². The zero-order valence-electron chi connectivity index (χ0n) is 10.7. The minimum Gasteiger partial charge on any atom is -0.339 e. The third kappa shape index (κ3) is 2.99. The Morgan fingerprint density at radius 2 is 1.94 bits per heavy atom. The lowest BCUT2D eigenvalue weighted by atomic mass is 9.82. The van der Waals surface area contributed by atoms with Crippen LogP contribution in [0.15, 0.2) is 18.2 Å². The van der Waals surface area contributed by atoms with Gasteiger partial charge in [-0.15, -0.1) is 0 Å². The number of benzene rings is 1. The number of hydrogen-bond acceptors (Lipinski definition) is 1. The van der Waals surface area contributed by atoms with Crippen molar-refractivity contribution < 1.29 is 4.79 Å². The number of hydrogen-bond donors (Lipinski definition) is 0. The Morgan fingerprint density at radius 1 is 1.33 bits per heavy atom. The van der Waals surface area contributed by atoms with Gasteiger partial charge in [0.2, 0.25) is 0 Å². The van der Waals surface area contributed by atoms with E-state index < -0.39 is 0 Å². The number of amides is 1. The molecular weight excluding hydrogens is 361 g/mol. The fraction of sp³-hybridized carbons (Fsp3) is 0.500. The first-order valence-electron chi connectivity index (χ1n) is 6.14. The molecule has 0 spiro atoms. The van der Waals surface area contributed by atoms with Crippen molar-refractivity contribution in [3.05, 3.63) is 32.4 Å². The summed E-state index contributed by atoms with van der Waals surface area (Å²) < 4.78 is 0.926. The summed E-state index contributed by atoms with van der Waals surface area (Å²) in [6.07, 6.45) is 2.11. The van der Waals surface area contributed by atoms with E-state index in [9.17, 15) is 4.79 Å². The Hall–Kier alpha value is -0.290. The van der Waals surface area contributed by atoms with E-state index in [0.717, 1.165) is 29.5 Å². The number of piperidine rings is 1. The van der Waals surface area contributed by atoms with Gasteiger partial charge in [-0.25, -0.2) is 0 Å². The summed E-state index contributed by atoms with van der Waals surface area (Å²) in [5.41, 5.74) is 1.00. The normalized spacial score (nSPS) is 18.8. The fourth-order valence-corrected chi connectivity index (χ4v) is 3.32. The monoisotopic (exact) mass is 377 g/mol. The van der Waals surface area contributed by atoms with Gasteiger partial charge in [0.05, 0.1) is 10.6 Å². The van der Waals surface area contributed by atoms with E-state index in [1.807, 2.05) is 17.0 Å². The Kier molecular flexibility index (Phi) is 4.22. The molecule has 1 aromatic rings. The van der Waals surface area contributed by atoms with Crippen LogP contribution in [0.2, 0.25) is 5.02 Å².